The van der Waals surface area contributed by atoms with Crippen LogP contribution in [0.2, 0.25) is 0 Å². The fourth-order valence-corrected chi connectivity index (χ4v) is 3.42. The van der Waals surface area contributed by atoms with Crippen LogP contribution in [0.25, 0.3) is 5.76 Å². The van der Waals surface area contributed by atoms with Gasteiger partial charge < -0.3 is 30.3 Å². The molecule has 4 N–H and O–H groups in total. The number of aromatic hydroxyl groups is 1. The predicted octanol–water partition coefficient (Wildman–Crippen LogP) is 1.40. The van der Waals surface area contributed by atoms with Crippen molar-refractivity contribution in [1.82, 2.24) is 10.2 Å². The minimum absolute atomic E-state index is 0.0157. The molecule has 8 nitrogen and oxygen atoms in total. The van der Waals surface area contributed by atoms with Gasteiger partial charge in [0.15, 0.2) is 0 Å². The molecule has 0 bridgehead atoms. The first kappa shape index (κ1) is 21.4. The van der Waals surface area contributed by atoms with Crippen LogP contribution in [-0.4, -0.2) is 65.3 Å². The third-order valence-electron chi connectivity index (χ3n) is 4.93. The summed E-state index contributed by atoms with van der Waals surface area (Å²) in [6.07, 6.45) is 0. The summed E-state index contributed by atoms with van der Waals surface area (Å²) < 4.78 is 5.12. The fraction of sp³-hybridized carbons (Fsp3) is 0.273. The molecule has 0 saturated carbocycles. The Balaban J connectivity index is 2.04. The molecule has 1 unspecified atom stereocenters. The van der Waals surface area contributed by atoms with Gasteiger partial charge in [0.2, 0.25) is 0 Å². The van der Waals surface area contributed by atoms with Gasteiger partial charge in [-0.3, -0.25) is 9.59 Å². The highest BCUT2D eigenvalue weighted by atomic mass is 16.5. The quantitative estimate of drug-likeness (QED) is 0.224. The lowest BCUT2D eigenvalue weighted by atomic mass is 9.95. The smallest absolute Gasteiger partial charge is 0.295 e. The van der Waals surface area contributed by atoms with E-state index in [1.807, 2.05) is 0 Å². The lowest BCUT2D eigenvalue weighted by molar-refractivity contribution is -0.139. The van der Waals surface area contributed by atoms with E-state index < -0.39 is 17.7 Å². The monoisotopic (exact) mass is 412 g/mol. The summed E-state index contributed by atoms with van der Waals surface area (Å²) in [6, 6.07) is 11.9. The van der Waals surface area contributed by atoms with Crippen molar-refractivity contribution in [2.75, 3.05) is 33.4 Å². The Kier molecular flexibility index (Phi) is 6.71. The third-order valence-corrected chi connectivity index (χ3v) is 4.93. The highest BCUT2D eigenvalue weighted by molar-refractivity contribution is 6.46. The predicted molar refractivity (Wildman–Crippen MR) is 110 cm³/mol. The second-order valence-electron chi connectivity index (χ2n) is 6.79. The first-order chi connectivity index (χ1) is 14.5. The number of rotatable bonds is 8. The van der Waals surface area contributed by atoms with Gasteiger partial charge in [0, 0.05) is 25.2 Å². The molecule has 1 saturated heterocycles. The second kappa shape index (κ2) is 9.43. The van der Waals surface area contributed by atoms with E-state index in [4.69, 9.17) is 9.84 Å². The Labute approximate surface area is 174 Å². The van der Waals surface area contributed by atoms with Crippen LogP contribution in [0.15, 0.2) is 54.1 Å². The molecule has 2 aromatic carbocycles. The summed E-state index contributed by atoms with van der Waals surface area (Å²) >= 11 is 0. The van der Waals surface area contributed by atoms with Crippen molar-refractivity contribution in [3.05, 3.63) is 65.2 Å². The SMILES string of the molecule is COc1ccc(C(O)=C2C(=O)C(=O)N(CCNCCO)C2c2ccc(O)cc2)cc1. The topological polar surface area (TPSA) is 119 Å². The van der Waals surface area contributed by atoms with Crippen molar-refractivity contribution >= 4 is 17.4 Å². The first-order valence-corrected chi connectivity index (χ1v) is 9.51. The number of benzene rings is 2. The molecule has 0 aromatic heterocycles. The van der Waals surface area contributed by atoms with E-state index in [-0.39, 0.29) is 30.2 Å². The van der Waals surface area contributed by atoms with Gasteiger partial charge in [-0.2, -0.15) is 0 Å². The molecular weight excluding hydrogens is 388 g/mol. The van der Waals surface area contributed by atoms with Crippen molar-refractivity contribution in [2.24, 2.45) is 0 Å². The minimum atomic E-state index is -0.802. The van der Waals surface area contributed by atoms with Crippen LogP contribution < -0.4 is 10.1 Å². The molecule has 1 heterocycles. The number of ketones is 1. The zero-order valence-corrected chi connectivity index (χ0v) is 16.5. The number of amides is 1. The molecular formula is C22H24N2O6. The molecule has 1 atom stereocenters. The number of aliphatic hydroxyl groups excluding tert-OH is 2. The van der Waals surface area contributed by atoms with E-state index in [0.717, 1.165) is 0 Å². The van der Waals surface area contributed by atoms with Crippen LogP contribution in [0.1, 0.15) is 17.2 Å². The maximum absolute atomic E-state index is 12.8. The van der Waals surface area contributed by atoms with Gasteiger partial charge in [0.25, 0.3) is 11.7 Å². The van der Waals surface area contributed by atoms with Crippen LogP contribution >= 0.6 is 0 Å². The average Bonchev–Trinajstić information content (AvgIpc) is 3.01. The summed E-state index contributed by atoms with van der Waals surface area (Å²) in [7, 11) is 1.52. The highest BCUT2D eigenvalue weighted by Crippen LogP contribution is 2.39. The zero-order chi connectivity index (χ0) is 21.7. The van der Waals surface area contributed by atoms with Gasteiger partial charge >= 0.3 is 0 Å². The molecule has 1 aliphatic rings. The molecule has 2 aromatic rings. The molecule has 158 valence electrons. The number of nitrogens with one attached hydrogen (secondary N) is 1. The summed E-state index contributed by atoms with van der Waals surface area (Å²) in [5.74, 6) is -1.12. The van der Waals surface area contributed by atoms with Crippen molar-refractivity contribution < 1.29 is 29.6 Å². The highest BCUT2D eigenvalue weighted by Gasteiger charge is 2.45. The Hall–Kier alpha value is -3.36. The van der Waals surface area contributed by atoms with E-state index in [1.165, 1.54) is 24.1 Å². The maximum atomic E-state index is 12.8. The first-order valence-electron chi connectivity index (χ1n) is 9.51. The average molecular weight is 412 g/mol. The molecule has 0 radical (unpaired) electrons. The van der Waals surface area contributed by atoms with Crippen LogP contribution in [0.5, 0.6) is 11.5 Å². The number of hydrogen-bond donors (Lipinski definition) is 4. The van der Waals surface area contributed by atoms with E-state index >= 15 is 0 Å². The number of Topliss-reactive ketones (excluding diaryl/α,β-unsaturated/α-hetero) is 1. The van der Waals surface area contributed by atoms with Crippen molar-refractivity contribution in [1.29, 1.82) is 0 Å². The van der Waals surface area contributed by atoms with Gasteiger partial charge in [0.05, 0.1) is 25.3 Å². The number of ether oxygens (including phenoxy) is 1. The molecule has 3 rings (SSSR count). The lowest BCUT2D eigenvalue weighted by Crippen LogP contribution is -2.36. The normalized spacial score (nSPS) is 18.1. The second-order valence-corrected chi connectivity index (χ2v) is 6.79. The molecule has 1 aliphatic heterocycles. The molecule has 1 amide bonds. The van der Waals surface area contributed by atoms with Crippen LogP contribution in [0, 0.1) is 0 Å². The van der Waals surface area contributed by atoms with E-state index in [1.54, 1.807) is 36.4 Å². The number of likely N-dealkylation sites (tertiary alicyclic amines) is 1. The number of hydrogen-bond acceptors (Lipinski definition) is 7. The largest absolute Gasteiger partial charge is 0.508 e. The van der Waals surface area contributed by atoms with E-state index in [9.17, 15) is 19.8 Å². The van der Waals surface area contributed by atoms with Crippen molar-refractivity contribution in [2.45, 2.75) is 6.04 Å². The number of aliphatic hydroxyl groups is 2. The van der Waals surface area contributed by atoms with Gasteiger partial charge in [0.1, 0.15) is 17.3 Å². The number of phenolic OH excluding ortho intramolecular Hbond substituents is 1. The Morgan fingerprint density at radius 1 is 1.07 bits per heavy atom. The zero-order valence-electron chi connectivity index (χ0n) is 16.5. The van der Waals surface area contributed by atoms with Gasteiger partial charge in [-0.05, 0) is 42.0 Å². The van der Waals surface area contributed by atoms with Crippen LogP contribution in [0.4, 0.5) is 0 Å². The number of methoxy groups -OCH3 is 1. The van der Waals surface area contributed by atoms with Crippen molar-refractivity contribution in [3.8, 4) is 11.5 Å². The number of phenols is 1. The maximum Gasteiger partial charge on any atom is 0.295 e. The Bertz CT molecular complexity index is 937. The summed E-state index contributed by atoms with van der Waals surface area (Å²) in [4.78, 5) is 27.0. The number of carbonyl (C=O) groups excluding carboxylic acids is 2. The summed E-state index contributed by atoms with van der Waals surface area (Å²) in [5.41, 5.74) is 0.957. The summed E-state index contributed by atoms with van der Waals surface area (Å²) in [6.45, 7) is 0.886. The molecule has 0 aliphatic carbocycles. The molecule has 30 heavy (non-hydrogen) atoms. The molecule has 8 heteroatoms. The van der Waals surface area contributed by atoms with Crippen molar-refractivity contribution in [3.63, 3.8) is 0 Å². The lowest BCUT2D eigenvalue weighted by Gasteiger charge is -2.25. The summed E-state index contributed by atoms with van der Waals surface area (Å²) in [5, 5.41) is 32.4. The van der Waals surface area contributed by atoms with Gasteiger partial charge in [-0.25, -0.2) is 0 Å². The van der Waals surface area contributed by atoms with Gasteiger partial charge in [-0.15, -0.1) is 0 Å². The third kappa shape index (κ3) is 4.29. The Morgan fingerprint density at radius 2 is 1.73 bits per heavy atom. The van der Waals surface area contributed by atoms with Gasteiger partial charge in [-0.1, -0.05) is 12.1 Å². The molecule has 1 fully saturated rings. The standard InChI is InChI=1S/C22H24N2O6/c1-30-17-8-4-15(5-9-17)20(27)18-19(14-2-6-16(26)7-3-14)24(22(29)21(18)28)12-10-23-11-13-25/h2-9,19,23,25-27H,10-13H2,1H3. The Morgan fingerprint density at radius 3 is 2.33 bits per heavy atom. The van der Waals surface area contributed by atoms with Crippen LogP contribution in [-0.2, 0) is 9.59 Å². The van der Waals surface area contributed by atoms with E-state index in [2.05, 4.69) is 5.32 Å². The fourth-order valence-electron chi connectivity index (χ4n) is 3.42. The number of nitrogens with zero attached hydrogens (tertiary/aromatic N) is 1. The van der Waals surface area contributed by atoms with Crippen LogP contribution in [0.3, 0.4) is 0 Å². The number of carbonyl (C=O) groups is 2. The molecule has 0 spiro atoms. The minimum Gasteiger partial charge on any atom is -0.508 e. The van der Waals surface area contributed by atoms with E-state index in [0.29, 0.717) is 30.0 Å².